The lowest BCUT2D eigenvalue weighted by molar-refractivity contribution is -0.124. The number of hydrogen-bond donors (Lipinski definition) is 2. The second-order valence-corrected chi connectivity index (χ2v) is 6.95. The van der Waals surface area contributed by atoms with Gasteiger partial charge in [0, 0.05) is 17.0 Å². The molecule has 1 heterocycles. The molecular weight excluding hydrogens is 416 g/mol. The number of nitrogens with one attached hydrogen (secondary N) is 2. The number of carbonyl (C=O) groups is 2. The molecule has 0 aliphatic heterocycles. The fourth-order valence-electron chi connectivity index (χ4n) is 3.32. The van der Waals surface area contributed by atoms with Gasteiger partial charge >= 0.3 is 5.97 Å². The van der Waals surface area contributed by atoms with Gasteiger partial charge in [-0.15, -0.1) is 0 Å². The number of amides is 1. The highest BCUT2D eigenvalue weighted by Crippen LogP contribution is 2.31. The van der Waals surface area contributed by atoms with E-state index in [1.807, 2.05) is 0 Å². The summed E-state index contributed by atoms with van der Waals surface area (Å²) >= 11 is 0. The van der Waals surface area contributed by atoms with Crippen LogP contribution in [0.4, 0.5) is 0 Å². The van der Waals surface area contributed by atoms with Crippen molar-refractivity contribution in [2.75, 3.05) is 35.0 Å². The minimum absolute atomic E-state index is 0.196. The first-order valence-electron chi connectivity index (χ1n) is 9.83. The minimum Gasteiger partial charge on any atom is -0.497 e. The number of esters is 1. The van der Waals surface area contributed by atoms with Crippen molar-refractivity contribution in [3.05, 3.63) is 47.7 Å². The predicted octanol–water partition coefficient (Wildman–Crippen LogP) is 3.24. The summed E-state index contributed by atoms with van der Waals surface area (Å²) < 4.78 is 26.3. The van der Waals surface area contributed by atoms with Crippen molar-refractivity contribution in [3.8, 4) is 23.0 Å². The molecule has 2 aromatic carbocycles. The summed E-state index contributed by atoms with van der Waals surface area (Å²) in [4.78, 5) is 27.8. The second kappa shape index (κ2) is 9.95. The minimum atomic E-state index is -0.663. The van der Waals surface area contributed by atoms with Gasteiger partial charge in [0.1, 0.15) is 28.7 Å². The van der Waals surface area contributed by atoms with E-state index in [4.69, 9.17) is 23.7 Å². The van der Waals surface area contributed by atoms with E-state index in [-0.39, 0.29) is 5.69 Å². The number of aromatic amines is 1. The number of rotatable bonds is 9. The topological polar surface area (TPSA) is 108 Å². The molecule has 0 spiro atoms. The summed E-state index contributed by atoms with van der Waals surface area (Å²) in [7, 11) is 6.18. The third kappa shape index (κ3) is 4.88. The lowest BCUT2D eigenvalue weighted by Gasteiger charge is -2.18. The molecule has 0 aliphatic carbocycles. The number of carbonyl (C=O) groups excluding carboxylic acids is 2. The van der Waals surface area contributed by atoms with E-state index >= 15 is 0 Å². The maximum absolute atomic E-state index is 12.5. The average molecular weight is 442 g/mol. The lowest BCUT2D eigenvalue weighted by atomic mass is 10.1. The smallest absolute Gasteiger partial charge is 0.355 e. The van der Waals surface area contributed by atoms with Crippen LogP contribution in [0.2, 0.25) is 0 Å². The van der Waals surface area contributed by atoms with Gasteiger partial charge in [-0.2, -0.15) is 0 Å². The molecule has 9 heteroatoms. The highest BCUT2D eigenvalue weighted by molar-refractivity contribution is 5.98. The second-order valence-electron chi connectivity index (χ2n) is 6.95. The van der Waals surface area contributed by atoms with Crippen LogP contribution in [0, 0.1) is 0 Å². The summed E-state index contributed by atoms with van der Waals surface area (Å²) in [5.74, 6) is 1.25. The standard InChI is InChI=1S/C23H26N2O7/c1-13(17-10-15(28-2)6-7-19(17)30-4)24-21(26)12-32-23(27)18-9-14-8-16(29-3)11-20(31-5)22(14)25-18/h6-11,13,25H,12H2,1-5H3,(H,24,26). The van der Waals surface area contributed by atoms with E-state index in [1.54, 1.807) is 64.7 Å². The fourth-order valence-corrected chi connectivity index (χ4v) is 3.32. The summed E-state index contributed by atoms with van der Waals surface area (Å²) in [6.45, 7) is 1.36. The van der Waals surface area contributed by atoms with Crippen LogP contribution in [-0.2, 0) is 9.53 Å². The van der Waals surface area contributed by atoms with Crippen molar-refractivity contribution in [2.24, 2.45) is 0 Å². The molecule has 0 bridgehead atoms. The first-order valence-corrected chi connectivity index (χ1v) is 9.83. The summed E-state index contributed by atoms with van der Waals surface area (Å²) in [6.07, 6.45) is 0. The molecule has 1 unspecified atom stereocenters. The van der Waals surface area contributed by atoms with E-state index in [0.717, 1.165) is 10.9 Å². The zero-order valence-electron chi connectivity index (χ0n) is 18.6. The van der Waals surface area contributed by atoms with Crippen LogP contribution in [-0.4, -0.2) is 51.9 Å². The van der Waals surface area contributed by atoms with Crippen LogP contribution in [0.25, 0.3) is 10.9 Å². The summed E-state index contributed by atoms with van der Waals surface area (Å²) in [5.41, 5.74) is 1.56. The van der Waals surface area contributed by atoms with Gasteiger partial charge in [0.15, 0.2) is 6.61 Å². The summed E-state index contributed by atoms with van der Waals surface area (Å²) in [6, 6.07) is 10.00. The van der Waals surface area contributed by atoms with Gasteiger partial charge < -0.3 is 34.0 Å². The van der Waals surface area contributed by atoms with E-state index in [9.17, 15) is 9.59 Å². The number of fused-ring (bicyclic) bond motifs is 1. The SMILES string of the molecule is COc1ccc(OC)c(C(C)NC(=O)COC(=O)c2cc3cc(OC)cc(OC)c3[nH]2)c1. The van der Waals surface area contributed by atoms with Crippen LogP contribution in [0.15, 0.2) is 36.4 Å². The Labute approximate surface area is 185 Å². The van der Waals surface area contributed by atoms with Crippen molar-refractivity contribution in [1.29, 1.82) is 0 Å². The van der Waals surface area contributed by atoms with Gasteiger partial charge in [0.2, 0.25) is 0 Å². The number of ether oxygens (including phenoxy) is 5. The van der Waals surface area contributed by atoms with E-state index < -0.39 is 24.5 Å². The Morgan fingerprint density at radius 3 is 2.28 bits per heavy atom. The summed E-state index contributed by atoms with van der Waals surface area (Å²) in [5, 5.41) is 3.51. The third-order valence-corrected chi connectivity index (χ3v) is 4.96. The van der Waals surface area contributed by atoms with Gasteiger partial charge in [0.05, 0.1) is 40.0 Å². The Balaban J connectivity index is 1.65. The molecule has 0 saturated carbocycles. The molecule has 32 heavy (non-hydrogen) atoms. The molecule has 0 saturated heterocycles. The van der Waals surface area contributed by atoms with Crippen LogP contribution in [0.5, 0.6) is 23.0 Å². The number of aromatic nitrogens is 1. The molecule has 3 aromatic rings. The Kier molecular flexibility index (Phi) is 7.09. The number of benzene rings is 2. The fraction of sp³-hybridized carbons (Fsp3) is 0.304. The van der Waals surface area contributed by atoms with Crippen LogP contribution < -0.4 is 24.3 Å². The predicted molar refractivity (Wildman–Crippen MR) is 118 cm³/mol. The first-order chi connectivity index (χ1) is 15.4. The zero-order chi connectivity index (χ0) is 23.3. The van der Waals surface area contributed by atoms with Gasteiger partial charge in [-0.1, -0.05) is 0 Å². The van der Waals surface area contributed by atoms with Crippen LogP contribution in [0.1, 0.15) is 29.0 Å². The monoisotopic (exact) mass is 442 g/mol. The average Bonchev–Trinajstić information content (AvgIpc) is 3.25. The number of hydrogen-bond acceptors (Lipinski definition) is 7. The van der Waals surface area contributed by atoms with E-state index in [2.05, 4.69) is 10.3 Å². The maximum atomic E-state index is 12.5. The van der Waals surface area contributed by atoms with Crippen molar-refractivity contribution < 1.29 is 33.3 Å². The molecule has 170 valence electrons. The molecule has 0 aliphatic rings. The largest absolute Gasteiger partial charge is 0.497 e. The number of H-pyrrole nitrogens is 1. The van der Waals surface area contributed by atoms with Crippen molar-refractivity contribution in [1.82, 2.24) is 10.3 Å². The van der Waals surface area contributed by atoms with Crippen molar-refractivity contribution >= 4 is 22.8 Å². The molecule has 1 amide bonds. The zero-order valence-corrected chi connectivity index (χ0v) is 18.6. The molecule has 0 radical (unpaired) electrons. The number of methoxy groups -OCH3 is 4. The quantitative estimate of drug-likeness (QED) is 0.490. The Hall–Kier alpha value is -3.88. The lowest BCUT2D eigenvalue weighted by Crippen LogP contribution is -2.31. The van der Waals surface area contributed by atoms with E-state index in [0.29, 0.717) is 28.5 Å². The van der Waals surface area contributed by atoms with Gasteiger partial charge in [-0.05, 0) is 37.3 Å². The normalized spacial score (nSPS) is 11.5. The van der Waals surface area contributed by atoms with Gasteiger partial charge in [-0.3, -0.25) is 4.79 Å². The maximum Gasteiger partial charge on any atom is 0.355 e. The molecular formula is C23H26N2O7. The van der Waals surface area contributed by atoms with Crippen LogP contribution in [0.3, 0.4) is 0 Å². The highest BCUT2D eigenvalue weighted by Gasteiger charge is 2.19. The van der Waals surface area contributed by atoms with Crippen molar-refractivity contribution in [3.63, 3.8) is 0 Å². The Morgan fingerprint density at radius 1 is 0.906 bits per heavy atom. The van der Waals surface area contributed by atoms with Crippen LogP contribution >= 0.6 is 0 Å². The molecule has 9 nitrogen and oxygen atoms in total. The first kappa shape index (κ1) is 22.8. The third-order valence-electron chi connectivity index (χ3n) is 4.96. The molecule has 2 N–H and O–H groups in total. The van der Waals surface area contributed by atoms with Gasteiger partial charge in [0.25, 0.3) is 5.91 Å². The Bertz CT molecular complexity index is 1120. The molecule has 3 rings (SSSR count). The Morgan fingerprint density at radius 2 is 1.62 bits per heavy atom. The van der Waals surface area contributed by atoms with Gasteiger partial charge in [-0.25, -0.2) is 4.79 Å². The molecule has 0 fully saturated rings. The molecule has 1 aromatic heterocycles. The van der Waals surface area contributed by atoms with E-state index in [1.165, 1.54) is 7.11 Å². The van der Waals surface area contributed by atoms with Crippen molar-refractivity contribution in [2.45, 2.75) is 13.0 Å². The molecule has 1 atom stereocenters. The highest BCUT2D eigenvalue weighted by atomic mass is 16.5.